The molecule has 0 aromatic heterocycles. The van der Waals surface area contributed by atoms with Gasteiger partial charge in [0.05, 0.1) is 0 Å². The van der Waals surface area contributed by atoms with E-state index in [0.717, 1.165) is 29.6 Å². The number of hydrogen-bond donors (Lipinski definition) is 1. The van der Waals surface area contributed by atoms with Crippen LogP contribution < -0.4 is 5.46 Å². The summed E-state index contributed by atoms with van der Waals surface area (Å²) in [6.07, 6.45) is 0. The van der Waals surface area contributed by atoms with Crippen molar-refractivity contribution in [2.75, 3.05) is 0 Å². The van der Waals surface area contributed by atoms with E-state index in [4.69, 9.17) is 0 Å². The molecule has 0 amide bonds. The summed E-state index contributed by atoms with van der Waals surface area (Å²) in [6.45, 7) is 0. The molecule has 1 nitrogen and oxygen atoms in total. The van der Waals surface area contributed by atoms with Gasteiger partial charge in [0, 0.05) is 0 Å². The van der Waals surface area contributed by atoms with Crippen LogP contribution in [0.3, 0.4) is 0 Å². The minimum atomic E-state index is 0.830. The summed E-state index contributed by atoms with van der Waals surface area (Å²) in [5.41, 5.74) is 5.29. The molecule has 0 aliphatic carbocycles. The Labute approximate surface area is 119 Å². The third-order valence-electron chi connectivity index (χ3n) is 3.38. The zero-order valence-electron chi connectivity index (χ0n) is 11.0. The quantitative estimate of drug-likeness (QED) is 0.714. The lowest BCUT2D eigenvalue weighted by molar-refractivity contribution is 0.615. The van der Waals surface area contributed by atoms with Gasteiger partial charge < -0.3 is 5.02 Å². The van der Waals surface area contributed by atoms with Crippen LogP contribution in [-0.2, 0) is 0 Å². The molecule has 3 rings (SSSR count). The van der Waals surface area contributed by atoms with E-state index in [2.05, 4.69) is 30.3 Å². The molecule has 3 aromatic carbocycles. The van der Waals surface area contributed by atoms with E-state index in [-0.39, 0.29) is 0 Å². The van der Waals surface area contributed by atoms with Gasteiger partial charge >= 0.3 is 7.48 Å². The minimum absolute atomic E-state index is 0.830. The highest BCUT2D eigenvalue weighted by molar-refractivity contribution is 6.48. The van der Waals surface area contributed by atoms with E-state index in [0.29, 0.717) is 0 Å². The van der Waals surface area contributed by atoms with Gasteiger partial charge in [0.1, 0.15) is 0 Å². The topological polar surface area (TPSA) is 20.2 Å². The Bertz CT molecular complexity index is 693. The van der Waals surface area contributed by atoms with E-state index in [1.54, 1.807) is 0 Å². The van der Waals surface area contributed by atoms with Crippen molar-refractivity contribution in [2.45, 2.75) is 0 Å². The summed E-state index contributed by atoms with van der Waals surface area (Å²) in [4.78, 5) is 0. The SMILES string of the molecule is O[B]c1ccc(-c2ccccc2)cc1-c1ccccc1. The molecule has 0 saturated carbocycles. The predicted molar refractivity (Wildman–Crippen MR) is 84.9 cm³/mol. The van der Waals surface area contributed by atoms with E-state index in [9.17, 15) is 5.02 Å². The van der Waals surface area contributed by atoms with Crippen molar-refractivity contribution in [3.8, 4) is 22.3 Å². The molecule has 2 heteroatoms. The minimum Gasteiger partial charge on any atom is -0.450 e. The monoisotopic (exact) mass is 257 g/mol. The lowest BCUT2D eigenvalue weighted by Crippen LogP contribution is -2.16. The molecule has 1 radical (unpaired) electrons. The second-order valence-corrected chi connectivity index (χ2v) is 4.66. The summed E-state index contributed by atoms with van der Waals surface area (Å²) >= 11 is 0. The van der Waals surface area contributed by atoms with Crippen LogP contribution in [-0.4, -0.2) is 12.5 Å². The van der Waals surface area contributed by atoms with Crippen molar-refractivity contribution in [1.82, 2.24) is 0 Å². The van der Waals surface area contributed by atoms with Crippen molar-refractivity contribution in [2.24, 2.45) is 0 Å². The third-order valence-corrected chi connectivity index (χ3v) is 3.38. The van der Waals surface area contributed by atoms with Gasteiger partial charge in [-0.05, 0) is 33.8 Å². The predicted octanol–water partition coefficient (Wildman–Crippen LogP) is 3.26. The fourth-order valence-corrected chi connectivity index (χ4v) is 2.35. The van der Waals surface area contributed by atoms with E-state index in [1.165, 1.54) is 5.56 Å². The third kappa shape index (κ3) is 2.51. The Morgan fingerprint density at radius 2 is 1.20 bits per heavy atom. The van der Waals surface area contributed by atoms with Gasteiger partial charge in [0.15, 0.2) is 0 Å². The van der Waals surface area contributed by atoms with Gasteiger partial charge in [-0.25, -0.2) is 0 Å². The summed E-state index contributed by atoms with van der Waals surface area (Å²) < 4.78 is 0. The van der Waals surface area contributed by atoms with E-state index < -0.39 is 0 Å². The molecule has 0 spiro atoms. The van der Waals surface area contributed by atoms with Crippen molar-refractivity contribution >= 4 is 12.9 Å². The standard InChI is InChI=1S/C18H14BO/c20-19-18-12-11-16(14-7-3-1-4-8-14)13-17(18)15-9-5-2-6-10-15/h1-13,20H. The highest BCUT2D eigenvalue weighted by Crippen LogP contribution is 2.24. The first kappa shape index (κ1) is 12.7. The Morgan fingerprint density at radius 3 is 1.80 bits per heavy atom. The van der Waals surface area contributed by atoms with E-state index >= 15 is 0 Å². The molecule has 0 aliphatic heterocycles. The summed E-state index contributed by atoms with van der Waals surface area (Å²) in [7, 11) is 1.16. The van der Waals surface area contributed by atoms with Crippen LogP contribution in [0.15, 0.2) is 78.9 Å². The molecular formula is C18H14BO. The zero-order valence-corrected chi connectivity index (χ0v) is 11.0. The second kappa shape index (κ2) is 5.76. The molecule has 0 unspecified atom stereocenters. The van der Waals surface area contributed by atoms with E-state index in [1.807, 2.05) is 48.5 Å². The van der Waals surface area contributed by atoms with Crippen molar-refractivity contribution < 1.29 is 5.02 Å². The number of rotatable bonds is 3. The Hall–Kier alpha value is -2.32. The first-order valence-electron chi connectivity index (χ1n) is 6.61. The van der Waals surface area contributed by atoms with Gasteiger partial charge in [-0.2, -0.15) is 0 Å². The molecular weight excluding hydrogens is 243 g/mol. The maximum absolute atomic E-state index is 9.42. The summed E-state index contributed by atoms with van der Waals surface area (Å²) in [5.74, 6) is 0. The average molecular weight is 257 g/mol. The molecule has 0 aliphatic rings. The van der Waals surface area contributed by atoms with Gasteiger partial charge in [0.25, 0.3) is 0 Å². The first-order valence-corrected chi connectivity index (χ1v) is 6.61. The average Bonchev–Trinajstić information content (AvgIpc) is 2.56. The second-order valence-electron chi connectivity index (χ2n) is 4.66. The molecule has 1 N–H and O–H groups in total. The largest absolute Gasteiger partial charge is 0.450 e. The Morgan fingerprint density at radius 1 is 0.600 bits per heavy atom. The maximum Gasteiger partial charge on any atom is 0.327 e. The maximum atomic E-state index is 9.42. The Kier molecular flexibility index (Phi) is 3.66. The molecule has 0 saturated heterocycles. The fourth-order valence-electron chi connectivity index (χ4n) is 2.35. The molecule has 0 heterocycles. The Balaban J connectivity index is 2.13. The van der Waals surface area contributed by atoms with Gasteiger partial charge in [-0.15, -0.1) is 0 Å². The zero-order chi connectivity index (χ0) is 13.8. The van der Waals surface area contributed by atoms with Crippen LogP contribution >= 0.6 is 0 Å². The molecule has 20 heavy (non-hydrogen) atoms. The first-order chi connectivity index (χ1) is 9.88. The molecule has 0 atom stereocenters. The summed E-state index contributed by atoms with van der Waals surface area (Å²) in [5, 5.41) is 9.42. The molecule has 3 aromatic rings. The lowest BCUT2D eigenvalue weighted by Gasteiger charge is -2.10. The van der Waals surface area contributed by atoms with Crippen LogP contribution in [0.4, 0.5) is 0 Å². The van der Waals surface area contributed by atoms with Crippen LogP contribution in [0.5, 0.6) is 0 Å². The molecule has 0 fully saturated rings. The molecule has 95 valence electrons. The van der Waals surface area contributed by atoms with Gasteiger partial charge in [-0.3, -0.25) is 0 Å². The highest BCUT2D eigenvalue weighted by atomic mass is 16.2. The van der Waals surface area contributed by atoms with Crippen LogP contribution in [0.2, 0.25) is 0 Å². The van der Waals surface area contributed by atoms with Crippen LogP contribution in [0.1, 0.15) is 0 Å². The van der Waals surface area contributed by atoms with Crippen LogP contribution in [0, 0.1) is 0 Å². The normalized spacial score (nSPS) is 10.2. The number of benzene rings is 3. The lowest BCUT2D eigenvalue weighted by atomic mass is 9.80. The smallest absolute Gasteiger partial charge is 0.327 e. The van der Waals surface area contributed by atoms with Gasteiger partial charge in [-0.1, -0.05) is 72.8 Å². The number of hydrogen-bond acceptors (Lipinski definition) is 1. The molecule has 0 bridgehead atoms. The van der Waals surface area contributed by atoms with Crippen LogP contribution in [0.25, 0.3) is 22.3 Å². The highest BCUT2D eigenvalue weighted by Gasteiger charge is 2.07. The fraction of sp³-hybridized carbons (Fsp3) is 0. The van der Waals surface area contributed by atoms with Crippen molar-refractivity contribution in [3.63, 3.8) is 0 Å². The van der Waals surface area contributed by atoms with Crippen molar-refractivity contribution in [3.05, 3.63) is 78.9 Å². The van der Waals surface area contributed by atoms with Crippen molar-refractivity contribution in [1.29, 1.82) is 0 Å². The summed E-state index contributed by atoms with van der Waals surface area (Å²) in [6, 6.07) is 26.5. The van der Waals surface area contributed by atoms with Gasteiger partial charge in [0.2, 0.25) is 0 Å².